The molecule has 1 aliphatic carbocycles. The molecule has 0 aromatic heterocycles. The van der Waals surface area contributed by atoms with E-state index in [1.165, 1.54) is 0 Å². The van der Waals surface area contributed by atoms with Crippen molar-refractivity contribution in [3.05, 3.63) is 0 Å². The van der Waals surface area contributed by atoms with Crippen LogP contribution in [0, 0.1) is 5.92 Å². The van der Waals surface area contributed by atoms with Crippen LogP contribution < -0.4 is 51.4 Å². The summed E-state index contributed by atoms with van der Waals surface area (Å²) in [5, 5.41) is 0. The first-order valence-electron chi connectivity index (χ1n) is 4.25. The predicted molar refractivity (Wildman–Crippen MR) is 40.7 cm³/mol. The third-order valence-corrected chi connectivity index (χ3v) is 2.33. The van der Waals surface area contributed by atoms with Crippen molar-refractivity contribution >= 4 is 12.7 Å². The van der Waals surface area contributed by atoms with Crippen molar-refractivity contribution in [3.63, 3.8) is 0 Å². The molecule has 1 saturated carbocycles. The molecule has 1 nitrogen and oxygen atoms in total. The first-order chi connectivity index (χ1) is 5.52. The van der Waals surface area contributed by atoms with E-state index >= 15 is 0 Å². The maximum Gasteiger partial charge on any atom is 1.00 e. The normalized spacial score (nSPS) is 19.3. The SMILES string of the molecule is O=C(C1CCCCC1)[B-](F)(F)F.[K+]. The van der Waals surface area contributed by atoms with Gasteiger partial charge in [0.25, 0.3) is 0 Å². The average molecular weight is 218 g/mol. The Morgan fingerprint density at radius 3 is 1.92 bits per heavy atom. The largest absolute Gasteiger partial charge is 1.00 e. The zero-order valence-electron chi connectivity index (χ0n) is 7.73. The second-order valence-corrected chi connectivity index (χ2v) is 3.31. The smallest absolute Gasteiger partial charge is 0.443 e. The summed E-state index contributed by atoms with van der Waals surface area (Å²) in [6.07, 6.45) is 3.36. The fraction of sp³-hybridized carbons (Fsp3) is 0.857. The molecule has 0 heterocycles. The zero-order valence-corrected chi connectivity index (χ0v) is 10.9. The van der Waals surface area contributed by atoms with Gasteiger partial charge >= 0.3 is 58.4 Å². The maximum atomic E-state index is 11.9. The molecule has 0 saturated heterocycles. The van der Waals surface area contributed by atoms with Crippen LogP contribution in [-0.2, 0) is 4.79 Å². The van der Waals surface area contributed by atoms with Gasteiger partial charge in [0.1, 0.15) is 0 Å². The van der Waals surface area contributed by atoms with Crippen LogP contribution in [-0.4, -0.2) is 12.7 Å². The minimum Gasteiger partial charge on any atom is -0.443 e. The molecule has 0 aromatic rings. The number of hydrogen-bond acceptors (Lipinski definition) is 1. The number of carbonyl (C=O) groups excluding carboxylic acids is 1. The molecule has 6 heteroatoms. The second-order valence-electron chi connectivity index (χ2n) is 3.31. The van der Waals surface area contributed by atoms with E-state index in [2.05, 4.69) is 0 Å². The van der Waals surface area contributed by atoms with Gasteiger partial charge in [0.15, 0.2) is 0 Å². The third kappa shape index (κ3) is 4.47. The van der Waals surface area contributed by atoms with E-state index in [0.29, 0.717) is 12.8 Å². The van der Waals surface area contributed by atoms with Crippen LogP contribution in [0.2, 0.25) is 0 Å². The van der Waals surface area contributed by atoms with E-state index in [4.69, 9.17) is 0 Å². The summed E-state index contributed by atoms with van der Waals surface area (Å²) in [5.41, 5.74) is -1.46. The summed E-state index contributed by atoms with van der Waals surface area (Å²) >= 11 is 0. The van der Waals surface area contributed by atoms with Crippen LogP contribution >= 0.6 is 0 Å². The summed E-state index contributed by atoms with van der Waals surface area (Å²) in [4.78, 5) is 10.7. The molecule has 0 unspecified atom stereocenters. The zero-order chi connectivity index (χ0) is 9.19. The van der Waals surface area contributed by atoms with Gasteiger partial charge in [-0.3, -0.25) is 0 Å². The van der Waals surface area contributed by atoms with Crippen molar-refractivity contribution in [1.82, 2.24) is 0 Å². The molecule has 1 fully saturated rings. The molecule has 70 valence electrons. The summed E-state index contributed by atoms with van der Waals surface area (Å²) < 4.78 is 35.8. The molecule has 0 aliphatic heterocycles. The summed E-state index contributed by atoms with van der Waals surface area (Å²) in [6.45, 7) is -5.24. The van der Waals surface area contributed by atoms with Crippen LogP contribution in [0.3, 0.4) is 0 Å². The Labute approximate surface area is 118 Å². The number of carbonyl (C=O) groups is 1. The summed E-state index contributed by atoms with van der Waals surface area (Å²) in [6, 6.07) is 0. The van der Waals surface area contributed by atoms with Crippen LogP contribution in [0.1, 0.15) is 32.1 Å². The van der Waals surface area contributed by atoms with Crippen molar-refractivity contribution < 1.29 is 69.1 Å². The van der Waals surface area contributed by atoms with Crippen molar-refractivity contribution in [1.29, 1.82) is 0 Å². The van der Waals surface area contributed by atoms with Gasteiger partial charge in [-0.15, -0.1) is 0 Å². The van der Waals surface area contributed by atoms with E-state index in [1.807, 2.05) is 0 Å². The Kier molecular flexibility index (Phi) is 6.43. The van der Waals surface area contributed by atoms with Gasteiger partial charge in [-0.25, -0.2) is 0 Å². The average Bonchev–Trinajstić information content (AvgIpc) is 2.03. The van der Waals surface area contributed by atoms with E-state index < -0.39 is 18.6 Å². The van der Waals surface area contributed by atoms with Crippen LogP contribution in [0.25, 0.3) is 0 Å². The maximum absolute atomic E-state index is 11.9. The Bertz CT molecular complexity index is 177. The van der Waals surface area contributed by atoms with Crippen LogP contribution in [0.15, 0.2) is 0 Å². The topological polar surface area (TPSA) is 17.1 Å². The summed E-state index contributed by atoms with van der Waals surface area (Å²) in [7, 11) is 0. The van der Waals surface area contributed by atoms with E-state index in [-0.39, 0.29) is 51.4 Å². The van der Waals surface area contributed by atoms with Gasteiger partial charge in [0.05, 0.1) is 5.68 Å². The van der Waals surface area contributed by atoms with E-state index in [9.17, 15) is 17.7 Å². The standard InChI is InChI=1S/C7H11BF3O.K/c9-8(10,11)7(12)6-4-2-1-3-5-6;/h6H,1-5H2;/q-1;+1. The summed E-state index contributed by atoms with van der Waals surface area (Å²) in [5.74, 6) is -0.723. The van der Waals surface area contributed by atoms with Gasteiger partial charge in [0, 0.05) is 0 Å². The van der Waals surface area contributed by atoms with E-state index in [0.717, 1.165) is 19.3 Å². The predicted octanol–water partition coefficient (Wildman–Crippen LogP) is -0.474. The molecule has 13 heavy (non-hydrogen) atoms. The molecule has 0 amide bonds. The molecule has 0 radical (unpaired) electrons. The minimum absolute atomic E-state index is 0. The van der Waals surface area contributed by atoms with Crippen molar-refractivity contribution in [2.24, 2.45) is 5.92 Å². The number of rotatable bonds is 2. The number of hydrogen-bond donors (Lipinski definition) is 0. The van der Waals surface area contributed by atoms with Crippen LogP contribution in [0.4, 0.5) is 12.9 Å². The molecule has 1 rings (SSSR count). The quantitative estimate of drug-likeness (QED) is 0.572. The van der Waals surface area contributed by atoms with Gasteiger partial charge in [0.2, 0.25) is 0 Å². The molecule has 1 aliphatic rings. The fourth-order valence-corrected chi connectivity index (χ4v) is 1.65. The van der Waals surface area contributed by atoms with Crippen molar-refractivity contribution in [2.45, 2.75) is 32.1 Å². The molecule has 0 bridgehead atoms. The molecule has 0 aromatic carbocycles. The Morgan fingerprint density at radius 2 is 1.54 bits per heavy atom. The number of halogens is 3. The molecular formula is C7H11BF3KO. The van der Waals surface area contributed by atoms with Gasteiger partial charge in [-0.1, -0.05) is 19.3 Å². The Morgan fingerprint density at radius 1 is 1.08 bits per heavy atom. The van der Waals surface area contributed by atoms with Gasteiger partial charge in [-0.2, -0.15) is 0 Å². The molecular weight excluding hydrogens is 207 g/mol. The van der Waals surface area contributed by atoms with Crippen LogP contribution in [0.5, 0.6) is 0 Å². The molecule has 0 N–H and O–H groups in total. The molecule has 0 spiro atoms. The Balaban J connectivity index is 0.00000144. The monoisotopic (exact) mass is 218 g/mol. The Hall–Kier alpha value is 1.16. The second kappa shape index (κ2) is 5.90. The first kappa shape index (κ1) is 14.2. The van der Waals surface area contributed by atoms with E-state index in [1.54, 1.807) is 0 Å². The van der Waals surface area contributed by atoms with Gasteiger partial charge in [-0.05, 0) is 18.8 Å². The van der Waals surface area contributed by atoms with Gasteiger partial charge < -0.3 is 17.7 Å². The fourth-order valence-electron chi connectivity index (χ4n) is 1.65. The minimum atomic E-state index is -5.24. The van der Waals surface area contributed by atoms with Crippen molar-refractivity contribution in [3.8, 4) is 0 Å². The first-order valence-corrected chi connectivity index (χ1v) is 4.25. The third-order valence-electron chi connectivity index (χ3n) is 2.33. The van der Waals surface area contributed by atoms with Crippen molar-refractivity contribution in [2.75, 3.05) is 0 Å². The molecule has 0 atom stereocenters.